The van der Waals surface area contributed by atoms with Gasteiger partial charge in [0, 0.05) is 31.0 Å². The number of aryl methyl sites for hydroxylation is 1. The lowest BCUT2D eigenvalue weighted by Gasteiger charge is -2.09. The molecule has 0 aliphatic carbocycles. The summed E-state index contributed by atoms with van der Waals surface area (Å²) in [5.74, 6) is -0.255. The highest BCUT2D eigenvalue weighted by Crippen LogP contribution is 2.12. The fourth-order valence-electron chi connectivity index (χ4n) is 1.80. The van der Waals surface area contributed by atoms with Gasteiger partial charge in [-0.3, -0.25) is 4.79 Å². The number of aromatic nitrogens is 1. The Morgan fingerprint density at radius 3 is 2.83 bits per heavy atom. The van der Waals surface area contributed by atoms with Crippen LogP contribution >= 0.6 is 0 Å². The molecule has 0 atom stereocenters. The van der Waals surface area contributed by atoms with Gasteiger partial charge in [-0.25, -0.2) is 4.39 Å². The lowest BCUT2D eigenvalue weighted by molar-refractivity contribution is 0.626. The summed E-state index contributed by atoms with van der Waals surface area (Å²) >= 11 is 0. The van der Waals surface area contributed by atoms with Crippen molar-refractivity contribution in [1.29, 1.82) is 0 Å². The smallest absolute Gasteiger partial charge is 0.250 e. The van der Waals surface area contributed by atoms with E-state index in [-0.39, 0.29) is 11.4 Å². The number of rotatable bonds is 4. The quantitative estimate of drug-likeness (QED) is 0.898. The van der Waals surface area contributed by atoms with Gasteiger partial charge in [-0.2, -0.15) is 0 Å². The maximum atomic E-state index is 13.1. The van der Waals surface area contributed by atoms with Crippen LogP contribution in [-0.2, 0) is 6.54 Å². The van der Waals surface area contributed by atoms with Crippen LogP contribution in [0.2, 0.25) is 0 Å². The zero-order chi connectivity index (χ0) is 13.0. The second kappa shape index (κ2) is 5.49. The zero-order valence-corrected chi connectivity index (χ0v) is 10.2. The van der Waals surface area contributed by atoms with Gasteiger partial charge in [0.15, 0.2) is 0 Å². The van der Waals surface area contributed by atoms with Crippen LogP contribution in [0.4, 0.5) is 10.1 Å². The van der Waals surface area contributed by atoms with Gasteiger partial charge < -0.3 is 9.88 Å². The molecule has 1 heterocycles. The standard InChI is InChI=1S/C14H15FN2O/c1-11-8-12(15)10-13(9-11)16-5-7-17-6-3-2-4-14(17)18/h2-4,6,8-10,16H,5,7H2,1H3. The summed E-state index contributed by atoms with van der Waals surface area (Å²) < 4.78 is 14.8. The van der Waals surface area contributed by atoms with E-state index in [0.717, 1.165) is 11.3 Å². The highest BCUT2D eigenvalue weighted by molar-refractivity contribution is 5.45. The molecule has 0 aliphatic heterocycles. The van der Waals surface area contributed by atoms with Crippen molar-refractivity contribution in [2.24, 2.45) is 0 Å². The van der Waals surface area contributed by atoms with Crippen LogP contribution in [-0.4, -0.2) is 11.1 Å². The number of nitrogens with zero attached hydrogens (tertiary/aromatic N) is 1. The third kappa shape index (κ3) is 3.20. The van der Waals surface area contributed by atoms with Gasteiger partial charge in [0.1, 0.15) is 5.82 Å². The molecule has 0 saturated heterocycles. The Hall–Kier alpha value is -2.10. The molecular weight excluding hydrogens is 231 g/mol. The van der Waals surface area contributed by atoms with Gasteiger partial charge in [-0.1, -0.05) is 6.07 Å². The molecule has 0 saturated carbocycles. The SMILES string of the molecule is Cc1cc(F)cc(NCCn2ccccc2=O)c1. The molecule has 0 aliphatic rings. The van der Waals surface area contributed by atoms with Crippen molar-refractivity contribution >= 4 is 5.69 Å². The second-order valence-corrected chi connectivity index (χ2v) is 4.18. The first-order valence-corrected chi connectivity index (χ1v) is 5.82. The van der Waals surface area contributed by atoms with E-state index in [4.69, 9.17) is 0 Å². The summed E-state index contributed by atoms with van der Waals surface area (Å²) in [6, 6.07) is 9.84. The molecule has 1 aromatic carbocycles. The molecule has 94 valence electrons. The fourth-order valence-corrected chi connectivity index (χ4v) is 1.80. The van der Waals surface area contributed by atoms with E-state index in [2.05, 4.69) is 5.32 Å². The maximum Gasteiger partial charge on any atom is 0.250 e. The summed E-state index contributed by atoms with van der Waals surface area (Å²) in [6.07, 6.45) is 1.74. The van der Waals surface area contributed by atoms with Crippen molar-refractivity contribution in [3.8, 4) is 0 Å². The molecular formula is C14H15FN2O. The molecule has 2 rings (SSSR count). The molecule has 0 radical (unpaired) electrons. The first kappa shape index (κ1) is 12.4. The van der Waals surface area contributed by atoms with Crippen LogP contribution in [0.3, 0.4) is 0 Å². The Balaban J connectivity index is 1.96. The molecule has 0 amide bonds. The fraction of sp³-hybridized carbons (Fsp3) is 0.214. The van der Waals surface area contributed by atoms with Crippen molar-refractivity contribution in [2.45, 2.75) is 13.5 Å². The van der Waals surface area contributed by atoms with E-state index in [1.165, 1.54) is 18.2 Å². The van der Waals surface area contributed by atoms with Crippen LogP contribution in [0.25, 0.3) is 0 Å². The number of benzene rings is 1. The number of halogens is 1. The van der Waals surface area contributed by atoms with Gasteiger partial charge in [-0.15, -0.1) is 0 Å². The third-order valence-corrected chi connectivity index (χ3v) is 2.62. The average Bonchev–Trinajstić information content (AvgIpc) is 2.30. The Morgan fingerprint density at radius 1 is 1.28 bits per heavy atom. The van der Waals surface area contributed by atoms with Crippen LogP contribution in [0.1, 0.15) is 5.56 Å². The topological polar surface area (TPSA) is 34.0 Å². The summed E-state index contributed by atoms with van der Waals surface area (Å²) in [4.78, 5) is 11.4. The highest BCUT2D eigenvalue weighted by Gasteiger charge is 1.98. The van der Waals surface area contributed by atoms with Crippen molar-refractivity contribution in [3.63, 3.8) is 0 Å². The summed E-state index contributed by atoms with van der Waals surface area (Å²) in [6.45, 7) is 2.97. The van der Waals surface area contributed by atoms with E-state index in [1.54, 1.807) is 16.8 Å². The zero-order valence-electron chi connectivity index (χ0n) is 10.2. The van der Waals surface area contributed by atoms with Crippen molar-refractivity contribution in [2.75, 3.05) is 11.9 Å². The average molecular weight is 246 g/mol. The van der Waals surface area contributed by atoms with Gasteiger partial charge in [0.2, 0.25) is 0 Å². The van der Waals surface area contributed by atoms with E-state index >= 15 is 0 Å². The minimum Gasteiger partial charge on any atom is -0.383 e. The summed E-state index contributed by atoms with van der Waals surface area (Å²) in [5, 5.41) is 3.10. The molecule has 3 nitrogen and oxygen atoms in total. The molecule has 4 heteroatoms. The van der Waals surface area contributed by atoms with Gasteiger partial charge >= 0.3 is 0 Å². The van der Waals surface area contributed by atoms with Crippen molar-refractivity contribution in [3.05, 3.63) is 64.3 Å². The normalized spacial score (nSPS) is 10.3. The largest absolute Gasteiger partial charge is 0.383 e. The first-order chi connectivity index (χ1) is 8.65. The predicted molar refractivity (Wildman–Crippen MR) is 70.3 cm³/mol. The molecule has 18 heavy (non-hydrogen) atoms. The molecule has 0 fully saturated rings. The first-order valence-electron chi connectivity index (χ1n) is 5.82. The van der Waals surface area contributed by atoms with Crippen LogP contribution in [0, 0.1) is 12.7 Å². The Kier molecular flexibility index (Phi) is 3.77. The Bertz CT molecular complexity index is 572. The molecule has 2 aromatic rings. The van der Waals surface area contributed by atoms with Gasteiger partial charge in [0.25, 0.3) is 5.56 Å². The van der Waals surface area contributed by atoms with E-state index in [0.29, 0.717) is 13.1 Å². The lowest BCUT2D eigenvalue weighted by atomic mass is 10.2. The molecule has 0 spiro atoms. The maximum absolute atomic E-state index is 13.1. The van der Waals surface area contributed by atoms with Gasteiger partial charge in [-0.05, 0) is 36.8 Å². The number of pyridine rings is 1. The van der Waals surface area contributed by atoms with E-state index in [9.17, 15) is 9.18 Å². The van der Waals surface area contributed by atoms with Crippen molar-refractivity contribution < 1.29 is 4.39 Å². The summed E-state index contributed by atoms with van der Waals surface area (Å²) in [5.41, 5.74) is 1.57. The molecule has 1 aromatic heterocycles. The van der Waals surface area contributed by atoms with Gasteiger partial charge in [0.05, 0.1) is 0 Å². The lowest BCUT2D eigenvalue weighted by Crippen LogP contribution is -2.22. The van der Waals surface area contributed by atoms with E-state index < -0.39 is 0 Å². The highest BCUT2D eigenvalue weighted by atomic mass is 19.1. The Labute approximate surface area is 105 Å². The Morgan fingerprint density at radius 2 is 2.11 bits per heavy atom. The third-order valence-electron chi connectivity index (χ3n) is 2.62. The van der Waals surface area contributed by atoms with Crippen LogP contribution in [0.15, 0.2) is 47.4 Å². The molecule has 0 unspecified atom stereocenters. The minimum atomic E-state index is -0.255. The van der Waals surface area contributed by atoms with Crippen LogP contribution < -0.4 is 10.9 Å². The van der Waals surface area contributed by atoms with Crippen molar-refractivity contribution in [1.82, 2.24) is 4.57 Å². The number of anilines is 1. The second-order valence-electron chi connectivity index (χ2n) is 4.18. The predicted octanol–water partition coefficient (Wildman–Crippen LogP) is 2.41. The minimum absolute atomic E-state index is 0.0327. The number of nitrogens with one attached hydrogen (secondary N) is 1. The van der Waals surface area contributed by atoms with E-state index in [1.807, 2.05) is 19.1 Å². The van der Waals surface area contributed by atoms with Crippen LogP contribution in [0.5, 0.6) is 0 Å². The monoisotopic (exact) mass is 246 g/mol. The molecule has 0 bridgehead atoms. The molecule has 1 N–H and O–H groups in total. The number of hydrogen-bond acceptors (Lipinski definition) is 2. The summed E-state index contributed by atoms with van der Waals surface area (Å²) in [7, 11) is 0. The number of hydrogen-bond donors (Lipinski definition) is 1.